The van der Waals surface area contributed by atoms with E-state index in [2.05, 4.69) is 44.2 Å². The lowest BCUT2D eigenvalue weighted by atomic mass is 9.97. The predicted molar refractivity (Wildman–Crippen MR) is 136 cm³/mol. The first-order chi connectivity index (χ1) is 15.9. The van der Waals surface area contributed by atoms with Crippen molar-refractivity contribution >= 4 is 25.7 Å². The van der Waals surface area contributed by atoms with Gasteiger partial charge in [-0.2, -0.15) is 13.2 Å². The summed E-state index contributed by atoms with van der Waals surface area (Å²) in [6, 6.07) is 4.45. The number of nitrogens with zero attached hydrogens (tertiary/aromatic N) is 1. The van der Waals surface area contributed by atoms with E-state index in [4.69, 9.17) is 9.16 Å². The molecule has 196 valence electrons. The molecule has 2 rings (SSSR count). The minimum absolute atomic E-state index is 0.150. The molecule has 0 fully saturated rings. The third-order valence-corrected chi connectivity index (χ3v) is 11.3. The van der Waals surface area contributed by atoms with Gasteiger partial charge in [-0.1, -0.05) is 32.9 Å². The minimum Gasteiger partial charge on any atom is -0.444 e. The van der Waals surface area contributed by atoms with E-state index in [1.807, 2.05) is 5.38 Å². The van der Waals surface area contributed by atoms with Crippen LogP contribution in [0, 0.1) is 0 Å². The molecule has 0 unspecified atom stereocenters. The Hall–Kier alpha value is -1.91. The number of hydrogen-bond donors (Lipinski definition) is 1. The molecule has 2 atom stereocenters. The molecule has 0 aliphatic carbocycles. The predicted octanol–water partition coefficient (Wildman–Crippen LogP) is 7.75. The summed E-state index contributed by atoms with van der Waals surface area (Å²) in [5.41, 5.74) is -0.858. The van der Waals surface area contributed by atoms with Gasteiger partial charge < -0.3 is 14.5 Å². The van der Waals surface area contributed by atoms with Gasteiger partial charge in [0.15, 0.2) is 8.32 Å². The first kappa shape index (κ1) is 29.3. The second kappa shape index (κ2) is 11.0. The Labute approximate surface area is 211 Å². The number of alkyl halides is 3. The Balaban J connectivity index is 2.47. The molecule has 5 nitrogen and oxygen atoms in total. The molecule has 0 radical (unpaired) electrons. The quantitative estimate of drug-likeness (QED) is 0.355. The molecule has 35 heavy (non-hydrogen) atoms. The highest BCUT2D eigenvalue weighted by Crippen LogP contribution is 2.41. The fourth-order valence-electron chi connectivity index (χ4n) is 3.15. The monoisotopic (exact) mass is 530 g/mol. The van der Waals surface area contributed by atoms with Crippen LogP contribution in [0.25, 0.3) is 0 Å². The number of nitrogens with one attached hydrogen (secondary N) is 1. The zero-order valence-corrected chi connectivity index (χ0v) is 23.6. The molecule has 1 heterocycles. The van der Waals surface area contributed by atoms with Crippen molar-refractivity contribution in [3.05, 3.63) is 52.0 Å². The molecule has 10 heteroatoms. The van der Waals surface area contributed by atoms with E-state index in [-0.39, 0.29) is 5.04 Å². The summed E-state index contributed by atoms with van der Waals surface area (Å²) in [4.78, 5) is 17.1. The largest absolute Gasteiger partial charge is 0.444 e. The Bertz CT molecular complexity index is 950. The summed E-state index contributed by atoms with van der Waals surface area (Å²) in [5, 5.41) is 5.58. The number of aryl methyl sites for hydroxylation is 1. The van der Waals surface area contributed by atoms with Gasteiger partial charge in [0.25, 0.3) is 0 Å². The molecule has 1 N–H and O–H groups in total. The fourth-order valence-corrected chi connectivity index (χ4v) is 5.08. The molecule has 2 aromatic rings. The first-order valence-electron chi connectivity index (χ1n) is 11.6. The molecule has 0 bridgehead atoms. The fraction of sp³-hybridized carbons (Fsp3) is 0.600. The van der Waals surface area contributed by atoms with Crippen LogP contribution in [0.5, 0.6) is 0 Å². The van der Waals surface area contributed by atoms with Crippen molar-refractivity contribution in [1.82, 2.24) is 10.3 Å². The van der Waals surface area contributed by atoms with Crippen molar-refractivity contribution in [1.29, 1.82) is 0 Å². The maximum absolute atomic E-state index is 13.2. The van der Waals surface area contributed by atoms with E-state index >= 15 is 0 Å². The highest BCUT2D eigenvalue weighted by molar-refractivity contribution is 7.09. The number of amides is 1. The average molecular weight is 531 g/mol. The lowest BCUT2D eigenvalue weighted by molar-refractivity contribution is -0.137. The lowest BCUT2D eigenvalue weighted by Crippen LogP contribution is -2.49. The van der Waals surface area contributed by atoms with Crippen LogP contribution >= 0.6 is 11.3 Å². The van der Waals surface area contributed by atoms with Gasteiger partial charge in [-0.3, -0.25) is 0 Å². The van der Waals surface area contributed by atoms with Crippen LogP contribution in [0.1, 0.15) is 70.2 Å². The maximum atomic E-state index is 13.2. The normalized spacial score (nSPS) is 14.9. The Morgan fingerprint density at radius 3 is 2.14 bits per heavy atom. The summed E-state index contributed by atoms with van der Waals surface area (Å²) >= 11 is 1.51. The van der Waals surface area contributed by atoms with Crippen LogP contribution in [0.15, 0.2) is 35.8 Å². The van der Waals surface area contributed by atoms with Gasteiger partial charge in [0.2, 0.25) is 0 Å². The molecule has 1 aromatic heterocycles. The molecular weight excluding hydrogens is 493 g/mol. The van der Waals surface area contributed by atoms with Crippen LogP contribution < -0.4 is 5.32 Å². The Morgan fingerprint density at radius 2 is 1.69 bits per heavy atom. The Morgan fingerprint density at radius 1 is 1.09 bits per heavy atom. The number of hydrogen-bond acceptors (Lipinski definition) is 5. The first-order valence-corrected chi connectivity index (χ1v) is 15.4. The summed E-state index contributed by atoms with van der Waals surface area (Å²) in [7, 11) is -2.38. The molecule has 0 saturated heterocycles. The van der Waals surface area contributed by atoms with Crippen LogP contribution in [-0.2, 0) is 21.8 Å². The molecule has 0 saturated carbocycles. The van der Waals surface area contributed by atoms with E-state index in [0.717, 1.165) is 17.1 Å². The minimum atomic E-state index is -4.44. The van der Waals surface area contributed by atoms with Gasteiger partial charge in [-0.25, -0.2) is 9.78 Å². The second-order valence-corrected chi connectivity index (χ2v) is 16.9. The Kier molecular flexibility index (Phi) is 9.22. The lowest BCUT2D eigenvalue weighted by Gasteiger charge is -2.42. The van der Waals surface area contributed by atoms with Gasteiger partial charge in [0, 0.05) is 18.0 Å². The number of carbonyl (C=O) groups excluding carboxylic acids is 1. The zero-order chi connectivity index (χ0) is 26.7. The van der Waals surface area contributed by atoms with E-state index < -0.39 is 43.9 Å². The third kappa shape index (κ3) is 8.91. The summed E-state index contributed by atoms with van der Waals surface area (Å²) < 4.78 is 51.9. The van der Waals surface area contributed by atoms with Crippen molar-refractivity contribution in [3.63, 3.8) is 0 Å². The number of ether oxygens (including phenoxy) is 1. The van der Waals surface area contributed by atoms with Gasteiger partial charge in [0.05, 0.1) is 22.7 Å². The maximum Gasteiger partial charge on any atom is 0.416 e. The van der Waals surface area contributed by atoms with E-state index in [9.17, 15) is 18.0 Å². The van der Waals surface area contributed by atoms with Crippen LogP contribution in [-0.4, -0.2) is 31.0 Å². The third-order valence-electron chi connectivity index (χ3n) is 6.01. The molecular formula is C25H37F3N2O3SSi. The number of halogens is 3. The topological polar surface area (TPSA) is 60.5 Å². The molecule has 1 aromatic carbocycles. The molecule has 0 spiro atoms. The van der Waals surface area contributed by atoms with Crippen LogP contribution in [0.3, 0.4) is 0 Å². The van der Waals surface area contributed by atoms with Crippen LogP contribution in [0.4, 0.5) is 18.0 Å². The summed E-state index contributed by atoms with van der Waals surface area (Å²) in [6.07, 6.45) is -2.92. The van der Waals surface area contributed by atoms with Crippen molar-refractivity contribution in [2.45, 2.75) is 96.4 Å². The van der Waals surface area contributed by atoms with Crippen molar-refractivity contribution in [3.8, 4) is 0 Å². The van der Waals surface area contributed by atoms with Gasteiger partial charge in [-0.15, -0.1) is 11.3 Å². The molecule has 1 amide bonds. The number of carbonyl (C=O) groups is 1. The highest BCUT2D eigenvalue weighted by Gasteiger charge is 2.42. The van der Waals surface area contributed by atoms with Gasteiger partial charge in [-0.05, 0) is 63.0 Å². The number of alkyl carbamates (subject to hydrolysis) is 1. The molecule has 0 aliphatic heterocycles. The summed E-state index contributed by atoms with van der Waals surface area (Å²) in [6.45, 7) is 15.8. The van der Waals surface area contributed by atoms with Crippen molar-refractivity contribution < 1.29 is 27.1 Å². The van der Waals surface area contributed by atoms with Crippen molar-refractivity contribution in [2.24, 2.45) is 0 Å². The SMILES string of the molecule is CC(C)(C)OC(=O)N[C@H](CCc1nccs1)[C@@H](O[Si](C)(C)C(C)(C)C)c1ccc(C(F)(F)F)cc1. The second-order valence-electron chi connectivity index (χ2n) is 11.1. The number of rotatable bonds is 8. The highest BCUT2D eigenvalue weighted by atomic mass is 32.1. The zero-order valence-electron chi connectivity index (χ0n) is 21.7. The standard InChI is InChI=1S/C25H37F3N2O3SSi/c1-23(2,3)32-22(31)30-19(13-14-20-29-15-16-34-20)21(33-35(7,8)24(4,5)6)17-9-11-18(12-10-17)25(26,27)28/h9-12,15-16,19,21H,13-14H2,1-8H3,(H,30,31)/t19-,21+/m1/s1. The molecule has 0 aliphatic rings. The van der Waals surface area contributed by atoms with Gasteiger partial charge >= 0.3 is 12.3 Å². The number of thiazole rings is 1. The van der Waals surface area contributed by atoms with Crippen molar-refractivity contribution in [2.75, 3.05) is 0 Å². The number of aromatic nitrogens is 1. The number of benzene rings is 1. The average Bonchev–Trinajstić information content (AvgIpc) is 3.20. The van der Waals surface area contributed by atoms with E-state index in [1.165, 1.54) is 23.5 Å². The summed E-state index contributed by atoms with van der Waals surface area (Å²) in [5.74, 6) is 0. The smallest absolute Gasteiger partial charge is 0.416 e. The van der Waals surface area contributed by atoms with Crippen LogP contribution in [0.2, 0.25) is 18.1 Å². The van der Waals surface area contributed by atoms with E-state index in [0.29, 0.717) is 18.4 Å². The van der Waals surface area contributed by atoms with E-state index in [1.54, 1.807) is 27.0 Å². The van der Waals surface area contributed by atoms with Gasteiger partial charge in [0.1, 0.15) is 5.60 Å².